The second-order valence-corrected chi connectivity index (χ2v) is 9.52. The van der Waals surface area contributed by atoms with Crippen molar-refractivity contribution in [3.8, 4) is 0 Å². The number of carbonyl (C=O) groups excluding carboxylic acids is 1. The maximum absolute atomic E-state index is 13.4. The van der Waals surface area contributed by atoms with E-state index in [4.69, 9.17) is 34.8 Å². The molecule has 0 saturated heterocycles. The van der Waals surface area contributed by atoms with Crippen molar-refractivity contribution in [1.29, 1.82) is 0 Å². The lowest BCUT2D eigenvalue weighted by molar-refractivity contribution is 0.102. The van der Waals surface area contributed by atoms with Crippen LogP contribution in [-0.2, 0) is 10.0 Å². The van der Waals surface area contributed by atoms with Gasteiger partial charge in [0.25, 0.3) is 15.9 Å². The van der Waals surface area contributed by atoms with Gasteiger partial charge in [0.15, 0.2) is 0 Å². The molecule has 0 radical (unpaired) electrons. The summed E-state index contributed by atoms with van der Waals surface area (Å²) >= 11 is 18.0. The molecule has 0 fully saturated rings. The molecule has 0 saturated carbocycles. The van der Waals surface area contributed by atoms with E-state index in [1.807, 2.05) is 0 Å². The molecule has 160 valence electrons. The number of halogens is 3. The maximum Gasteiger partial charge on any atom is 0.266 e. The minimum Gasteiger partial charge on any atom is -0.322 e. The summed E-state index contributed by atoms with van der Waals surface area (Å²) in [6.45, 7) is 3.63. The molecule has 0 aromatic heterocycles. The summed E-state index contributed by atoms with van der Waals surface area (Å²) in [5, 5.41) is 3.69. The SMILES string of the molecule is C=CCN(c1ccc(Cl)cc1)S(=O)(=O)c1cc(C(=O)Nc2ccc(Cl)cc2)ccc1Cl. The molecule has 3 aromatic rings. The number of carbonyl (C=O) groups is 1. The predicted octanol–water partition coefficient (Wildman–Crippen LogP) is 6.28. The summed E-state index contributed by atoms with van der Waals surface area (Å²) in [5.41, 5.74) is 1.03. The first-order valence-corrected chi connectivity index (χ1v) is 11.6. The van der Waals surface area contributed by atoms with Gasteiger partial charge in [-0.3, -0.25) is 9.10 Å². The van der Waals surface area contributed by atoms with E-state index in [1.165, 1.54) is 24.3 Å². The molecule has 0 bridgehead atoms. The molecule has 5 nitrogen and oxygen atoms in total. The molecule has 9 heteroatoms. The van der Waals surface area contributed by atoms with Gasteiger partial charge in [0.05, 0.1) is 17.3 Å². The molecular weight excluding hydrogens is 479 g/mol. The van der Waals surface area contributed by atoms with Crippen molar-refractivity contribution in [2.75, 3.05) is 16.2 Å². The van der Waals surface area contributed by atoms with Gasteiger partial charge in [0, 0.05) is 21.3 Å². The van der Waals surface area contributed by atoms with Crippen molar-refractivity contribution in [3.05, 3.63) is 100 Å². The first-order chi connectivity index (χ1) is 14.7. The van der Waals surface area contributed by atoms with E-state index in [0.29, 0.717) is 21.4 Å². The fourth-order valence-electron chi connectivity index (χ4n) is 2.76. The summed E-state index contributed by atoms with van der Waals surface area (Å²) in [4.78, 5) is 12.5. The lowest BCUT2D eigenvalue weighted by Gasteiger charge is -2.24. The summed E-state index contributed by atoms with van der Waals surface area (Å²) < 4.78 is 28.0. The second-order valence-electron chi connectivity index (χ2n) is 6.41. The van der Waals surface area contributed by atoms with Gasteiger partial charge in [0.1, 0.15) is 4.90 Å². The van der Waals surface area contributed by atoms with Crippen molar-refractivity contribution in [1.82, 2.24) is 0 Å². The third kappa shape index (κ3) is 5.40. The van der Waals surface area contributed by atoms with Crippen LogP contribution in [0.1, 0.15) is 10.4 Å². The molecule has 0 spiro atoms. The van der Waals surface area contributed by atoms with Gasteiger partial charge >= 0.3 is 0 Å². The monoisotopic (exact) mass is 494 g/mol. The lowest BCUT2D eigenvalue weighted by atomic mass is 10.2. The molecule has 0 aliphatic carbocycles. The van der Waals surface area contributed by atoms with Gasteiger partial charge in [-0.15, -0.1) is 6.58 Å². The van der Waals surface area contributed by atoms with Gasteiger partial charge in [0.2, 0.25) is 0 Å². The normalized spacial score (nSPS) is 11.1. The molecule has 3 aromatic carbocycles. The number of nitrogens with one attached hydrogen (secondary N) is 1. The van der Waals surface area contributed by atoms with Gasteiger partial charge in [-0.25, -0.2) is 8.42 Å². The molecule has 0 unspecified atom stereocenters. The van der Waals surface area contributed by atoms with Crippen LogP contribution in [0.3, 0.4) is 0 Å². The van der Waals surface area contributed by atoms with Crippen LogP contribution in [0.4, 0.5) is 11.4 Å². The number of nitrogens with zero attached hydrogens (tertiary/aromatic N) is 1. The van der Waals surface area contributed by atoms with Crippen LogP contribution in [-0.4, -0.2) is 20.9 Å². The number of sulfonamides is 1. The Bertz CT molecular complexity index is 1210. The fourth-order valence-corrected chi connectivity index (χ4v) is 4.96. The molecule has 31 heavy (non-hydrogen) atoms. The standard InChI is InChI=1S/C22H17Cl3N2O3S/c1-2-13-27(19-10-6-17(24)7-11-19)31(29,30)21-14-15(3-12-20(21)25)22(28)26-18-8-4-16(23)5-9-18/h2-12,14H,1,13H2,(H,26,28). The highest BCUT2D eigenvalue weighted by Crippen LogP contribution is 2.30. The van der Waals surface area contributed by atoms with E-state index >= 15 is 0 Å². The number of hydrogen-bond donors (Lipinski definition) is 1. The Hall–Kier alpha value is -2.51. The smallest absolute Gasteiger partial charge is 0.266 e. The van der Waals surface area contributed by atoms with Crippen molar-refractivity contribution < 1.29 is 13.2 Å². The molecule has 0 aliphatic rings. The topological polar surface area (TPSA) is 66.5 Å². The molecule has 0 heterocycles. The van der Waals surface area contributed by atoms with Crippen molar-refractivity contribution in [2.24, 2.45) is 0 Å². The quantitative estimate of drug-likeness (QED) is 0.392. The van der Waals surface area contributed by atoms with Gasteiger partial charge in [-0.2, -0.15) is 0 Å². The Labute approximate surface area is 195 Å². The number of benzene rings is 3. The fraction of sp³-hybridized carbons (Fsp3) is 0.0455. The summed E-state index contributed by atoms with van der Waals surface area (Å²) in [6, 6.07) is 16.9. The van der Waals surface area contributed by atoms with Crippen molar-refractivity contribution in [2.45, 2.75) is 4.90 Å². The zero-order valence-electron chi connectivity index (χ0n) is 16.1. The van der Waals surface area contributed by atoms with E-state index in [-0.39, 0.29) is 22.0 Å². The number of anilines is 2. The van der Waals surface area contributed by atoms with Crippen LogP contribution in [0.25, 0.3) is 0 Å². The highest BCUT2D eigenvalue weighted by molar-refractivity contribution is 7.93. The van der Waals surface area contributed by atoms with Crippen LogP contribution in [0.5, 0.6) is 0 Å². The summed E-state index contributed by atoms with van der Waals surface area (Å²) in [6.07, 6.45) is 1.46. The summed E-state index contributed by atoms with van der Waals surface area (Å²) in [7, 11) is -4.10. The molecule has 1 N–H and O–H groups in total. The van der Waals surface area contributed by atoms with Gasteiger partial charge in [-0.1, -0.05) is 40.9 Å². The predicted molar refractivity (Wildman–Crippen MR) is 127 cm³/mol. The average Bonchev–Trinajstić information content (AvgIpc) is 2.74. The van der Waals surface area contributed by atoms with E-state index < -0.39 is 15.9 Å². The molecule has 1 amide bonds. The van der Waals surface area contributed by atoms with Crippen molar-refractivity contribution >= 4 is 62.1 Å². The third-order valence-corrected chi connectivity index (χ3v) is 7.05. The van der Waals surface area contributed by atoms with Crippen molar-refractivity contribution in [3.63, 3.8) is 0 Å². The highest BCUT2D eigenvalue weighted by atomic mass is 35.5. The second kappa shape index (κ2) is 9.75. The Morgan fingerprint density at radius 2 is 1.52 bits per heavy atom. The largest absolute Gasteiger partial charge is 0.322 e. The Balaban J connectivity index is 1.98. The Morgan fingerprint density at radius 1 is 0.935 bits per heavy atom. The summed E-state index contributed by atoms with van der Waals surface area (Å²) in [5.74, 6) is -0.489. The Morgan fingerprint density at radius 3 is 2.10 bits per heavy atom. The van der Waals surface area contributed by atoms with Crippen LogP contribution in [0.2, 0.25) is 15.1 Å². The van der Waals surface area contributed by atoms with E-state index in [0.717, 1.165) is 4.31 Å². The molecule has 3 rings (SSSR count). The highest BCUT2D eigenvalue weighted by Gasteiger charge is 2.27. The van der Waals surface area contributed by atoms with Crippen LogP contribution in [0, 0.1) is 0 Å². The van der Waals surface area contributed by atoms with E-state index in [9.17, 15) is 13.2 Å². The van der Waals surface area contributed by atoms with E-state index in [1.54, 1.807) is 48.5 Å². The molecular formula is C22H17Cl3N2O3S. The minimum absolute atomic E-state index is 0.00148. The molecule has 0 atom stereocenters. The van der Waals surface area contributed by atoms with Crippen LogP contribution in [0.15, 0.2) is 84.3 Å². The zero-order chi connectivity index (χ0) is 22.6. The average molecular weight is 496 g/mol. The first-order valence-electron chi connectivity index (χ1n) is 8.98. The van der Waals surface area contributed by atoms with Gasteiger partial charge in [-0.05, 0) is 66.7 Å². The van der Waals surface area contributed by atoms with Crippen LogP contribution >= 0.6 is 34.8 Å². The lowest BCUT2D eigenvalue weighted by Crippen LogP contribution is -2.31. The van der Waals surface area contributed by atoms with Gasteiger partial charge < -0.3 is 5.32 Å². The number of rotatable bonds is 7. The molecule has 0 aliphatic heterocycles. The van der Waals surface area contributed by atoms with Crippen LogP contribution < -0.4 is 9.62 Å². The van der Waals surface area contributed by atoms with E-state index in [2.05, 4.69) is 11.9 Å². The number of amides is 1. The Kier molecular flexibility index (Phi) is 7.28. The maximum atomic E-state index is 13.4. The minimum atomic E-state index is -4.10. The first kappa shape index (κ1) is 23.2. The number of hydrogen-bond acceptors (Lipinski definition) is 3. The zero-order valence-corrected chi connectivity index (χ0v) is 19.1. The third-order valence-electron chi connectivity index (χ3n) is 4.27.